The molecule has 2 aliphatic rings. The number of β-amino-alcohol motifs (C(OH)–C–C–N with tert-alkyl or cyclic N) is 1. The van der Waals surface area contributed by atoms with Gasteiger partial charge in [-0.2, -0.15) is 5.10 Å². The molecule has 3 aromatic carbocycles. The number of aryl methyl sites for hydroxylation is 2. The van der Waals surface area contributed by atoms with E-state index in [2.05, 4.69) is 26.7 Å². The summed E-state index contributed by atoms with van der Waals surface area (Å²) < 4.78 is 13.4. The van der Waals surface area contributed by atoms with E-state index in [-0.39, 0.29) is 51.0 Å². The second-order valence-corrected chi connectivity index (χ2v) is 18.1. The average Bonchev–Trinajstić information content (AvgIpc) is 4.11. The van der Waals surface area contributed by atoms with Crippen molar-refractivity contribution >= 4 is 34.8 Å². The average molecular weight is 882 g/mol. The van der Waals surface area contributed by atoms with Gasteiger partial charge in [0.15, 0.2) is 5.78 Å². The van der Waals surface area contributed by atoms with Gasteiger partial charge in [0.25, 0.3) is 0 Å². The number of carbonyl (C=O) groups is 4. The molecule has 0 spiro atoms. The molecule has 0 radical (unpaired) electrons. The zero-order valence-corrected chi connectivity index (χ0v) is 37.1. The molecular weight excluding hydrogens is 831 g/mol. The number of ketones is 1. The molecule has 1 aliphatic carbocycles. The summed E-state index contributed by atoms with van der Waals surface area (Å²) in [7, 11) is 0. The fourth-order valence-electron chi connectivity index (χ4n) is 8.12. The Morgan fingerprint density at radius 1 is 0.922 bits per heavy atom. The maximum atomic E-state index is 14.0. The molecule has 6 aromatic rings. The summed E-state index contributed by atoms with van der Waals surface area (Å²) in [5.41, 5.74) is 10.3. The number of amides is 3. The summed E-state index contributed by atoms with van der Waals surface area (Å²) in [4.78, 5) is 63.8. The summed E-state index contributed by atoms with van der Waals surface area (Å²) in [6.07, 6.45) is 5.94. The summed E-state index contributed by atoms with van der Waals surface area (Å²) in [5, 5.41) is 21.3. The lowest BCUT2D eigenvalue weighted by Crippen LogP contribution is -2.58. The van der Waals surface area contributed by atoms with Crippen LogP contribution in [0.5, 0.6) is 5.75 Å². The van der Waals surface area contributed by atoms with E-state index < -0.39 is 35.4 Å². The Hall–Kier alpha value is -6.55. The molecule has 14 nitrogen and oxygen atoms in total. The molecule has 15 heteroatoms. The van der Waals surface area contributed by atoms with Crippen LogP contribution >= 0.6 is 11.3 Å². The first-order chi connectivity index (χ1) is 30.8. The summed E-state index contributed by atoms with van der Waals surface area (Å²) >= 11 is 1.57. The third kappa shape index (κ3) is 9.96. The molecular formula is C49H51N7O7S. The highest BCUT2D eigenvalue weighted by Gasteiger charge is 2.44. The first-order valence-corrected chi connectivity index (χ1v) is 22.2. The fraction of sp³-hybridized carbons (Fsp3) is 0.327. The van der Waals surface area contributed by atoms with Gasteiger partial charge in [0.05, 0.1) is 34.5 Å². The number of aliphatic hydroxyl groups is 1. The number of Topliss-reactive ketones (excluding diaryl/α,β-unsaturated/α-hetero) is 1. The number of benzene rings is 3. The molecule has 330 valence electrons. The summed E-state index contributed by atoms with van der Waals surface area (Å²) in [6.45, 7) is 7.67. The molecule has 3 N–H and O–H groups in total. The smallest absolute Gasteiger partial charge is 0.246 e. The Labute approximate surface area is 375 Å². The Bertz CT molecular complexity index is 2640. The third-order valence-corrected chi connectivity index (χ3v) is 12.5. The monoisotopic (exact) mass is 881 g/mol. The number of fused-ring (bicyclic) bond motifs is 1. The normalized spacial score (nSPS) is 16.4. The number of rotatable bonds is 15. The van der Waals surface area contributed by atoms with Gasteiger partial charge in [-0.3, -0.25) is 24.2 Å². The highest BCUT2D eigenvalue weighted by atomic mass is 32.1. The maximum Gasteiger partial charge on any atom is 0.246 e. The van der Waals surface area contributed by atoms with Crippen molar-refractivity contribution in [3.8, 4) is 44.3 Å². The minimum atomic E-state index is -0.979. The lowest BCUT2D eigenvalue weighted by atomic mass is 9.85. The maximum absolute atomic E-state index is 14.0. The number of aliphatic hydroxyl groups excluding tert-OH is 1. The van der Waals surface area contributed by atoms with Crippen molar-refractivity contribution in [3.63, 3.8) is 0 Å². The highest BCUT2D eigenvalue weighted by Crippen LogP contribution is 2.35. The molecule has 0 saturated carbocycles. The van der Waals surface area contributed by atoms with Gasteiger partial charge in [0.2, 0.25) is 17.7 Å². The van der Waals surface area contributed by atoms with Crippen molar-refractivity contribution in [2.75, 3.05) is 26.4 Å². The molecule has 3 unspecified atom stereocenters. The van der Waals surface area contributed by atoms with Gasteiger partial charge in [0.1, 0.15) is 36.7 Å². The van der Waals surface area contributed by atoms with Gasteiger partial charge in [-0.1, -0.05) is 63.2 Å². The van der Waals surface area contributed by atoms with Crippen LogP contribution in [0.4, 0.5) is 0 Å². The molecule has 3 amide bonds. The van der Waals surface area contributed by atoms with E-state index in [1.807, 2.05) is 117 Å². The van der Waals surface area contributed by atoms with Crippen LogP contribution in [0.3, 0.4) is 0 Å². The van der Waals surface area contributed by atoms with Gasteiger partial charge >= 0.3 is 0 Å². The highest BCUT2D eigenvalue weighted by molar-refractivity contribution is 7.13. The molecule has 1 fully saturated rings. The Morgan fingerprint density at radius 2 is 1.67 bits per heavy atom. The molecule has 3 aromatic heterocycles. The molecule has 0 bridgehead atoms. The minimum absolute atomic E-state index is 0.0219. The van der Waals surface area contributed by atoms with E-state index in [0.29, 0.717) is 12.2 Å². The Morgan fingerprint density at radius 3 is 2.39 bits per heavy atom. The lowest BCUT2D eigenvalue weighted by Gasteiger charge is -2.35. The van der Waals surface area contributed by atoms with Crippen LogP contribution in [0, 0.1) is 12.3 Å². The third-order valence-electron chi connectivity index (χ3n) is 11.5. The minimum Gasteiger partial charge on any atom is -0.491 e. The van der Waals surface area contributed by atoms with Crippen LogP contribution in [0.2, 0.25) is 0 Å². The van der Waals surface area contributed by atoms with E-state index >= 15 is 0 Å². The SMILES string of the molecule is Cc1ncsc1-c1ccc(CNC(=O)C2CC(O)CN2C(=O)C(NC(=O)COCCOc2ccc(-n3cc(-c4ccc5c(c4)CCC5=O)c(-c4ccncc4)n3)cc2)C(C)(C)C)cc1. The molecule has 3 atom stereocenters. The van der Waals surface area contributed by atoms with Crippen LogP contribution in [0.25, 0.3) is 38.5 Å². The van der Waals surface area contributed by atoms with Gasteiger partial charge in [-0.25, -0.2) is 9.67 Å². The van der Waals surface area contributed by atoms with Crippen molar-refractivity contribution in [1.82, 2.24) is 35.3 Å². The van der Waals surface area contributed by atoms with E-state index in [0.717, 1.165) is 67.3 Å². The van der Waals surface area contributed by atoms with Gasteiger partial charge in [-0.15, -0.1) is 11.3 Å². The first-order valence-electron chi connectivity index (χ1n) is 21.3. The molecule has 8 rings (SSSR count). The van der Waals surface area contributed by atoms with Crippen molar-refractivity contribution < 1.29 is 33.8 Å². The predicted molar refractivity (Wildman–Crippen MR) is 243 cm³/mol. The molecule has 4 heterocycles. The number of hydrogen-bond acceptors (Lipinski definition) is 11. The quantitative estimate of drug-likeness (QED) is 0.0983. The number of hydrogen-bond donors (Lipinski definition) is 3. The van der Waals surface area contributed by atoms with Crippen molar-refractivity contribution in [3.05, 3.63) is 125 Å². The Balaban J connectivity index is 0.824. The molecule has 1 saturated heterocycles. The lowest BCUT2D eigenvalue weighted by molar-refractivity contribution is -0.144. The number of likely N-dealkylation sites (tertiary alicyclic amines) is 1. The van der Waals surface area contributed by atoms with Gasteiger partial charge < -0.3 is 30.1 Å². The molecule has 64 heavy (non-hydrogen) atoms. The van der Waals surface area contributed by atoms with Gasteiger partial charge in [-0.05, 0) is 77.4 Å². The van der Waals surface area contributed by atoms with Crippen LogP contribution in [-0.4, -0.2) is 97.8 Å². The van der Waals surface area contributed by atoms with Crippen LogP contribution in [0.15, 0.2) is 103 Å². The second kappa shape index (κ2) is 19.1. The number of thiazole rings is 1. The molecule has 1 aliphatic heterocycles. The number of pyridine rings is 1. The van der Waals surface area contributed by atoms with Crippen LogP contribution in [-0.2, 0) is 32.1 Å². The van der Waals surface area contributed by atoms with Gasteiger partial charge in [0, 0.05) is 61.2 Å². The van der Waals surface area contributed by atoms with E-state index in [1.165, 1.54) is 4.90 Å². The largest absolute Gasteiger partial charge is 0.491 e. The number of nitrogens with zero attached hydrogens (tertiary/aromatic N) is 5. The Kier molecular flexibility index (Phi) is 13.1. The van der Waals surface area contributed by atoms with E-state index in [9.17, 15) is 24.3 Å². The van der Waals surface area contributed by atoms with E-state index in [4.69, 9.17) is 14.6 Å². The fourth-order valence-corrected chi connectivity index (χ4v) is 8.94. The van der Waals surface area contributed by atoms with Crippen LogP contribution in [0.1, 0.15) is 60.8 Å². The number of ether oxygens (including phenoxy) is 2. The zero-order chi connectivity index (χ0) is 45.0. The first kappa shape index (κ1) is 44.1. The van der Waals surface area contributed by atoms with Crippen molar-refractivity contribution in [2.45, 2.75) is 71.7 Å². The van der Waals surface area contributed by atoms with Crippen molar-refractivity contribution in [1.29, 1.82) is 0 Å². The summed E-state index contributed by atoms with van der Waals surface area (Å²) in [6, 6.07) is 23.3. The predicted octanol–water partition coefficient (Wildman–Crippen LogP) is 6.37. The topological polar surface area (TPSA) is 178 Å². The number of aromatic nitrogens is 4. The number of nitrogens with one attached hydrogen (secondary N) is 2. The number of carbonyl (C=O) groups excluding carboxylic acids is 4. The zero-order valence-electron chi connectivity index (χ0n) is 36.2. The standard InChI is InChI=1S/C49H51N7O7S/c1-30-45(64-29-52-30)33-7-5-31(6-8-33)25-51-47(60)41-24-37(57)26-55(41)48(61)46(49(2,3)4)53-43(59)28-62-21-22-63-38-13-11-36(12-14-38)56-27-40(44(54-56)32-17-19-50-20-18-32)35-9-15-39-34(23-35)10-16-42(39)58/h5-9,11-15,17-20,23,27,29,37,41,46,57H,10,16,21-22,24-26,28H2,1-4H3,(H,51,60)(H,53,59). The second-order valence-electron chi connectivity index (χ2n) is 17.2. The van der Waals surface area contributed by atoms with Crippen LogP contribution < -0.4 is 15.4 Å². The summed E-state index contributed by atoms with van der Waals surface area (Å²) in [5.74, 6) is -0.532. The van der Waals surface area contributed by atoms with Crippen molar-refractivity contribution in [2.24, 2.45) is 5.41 Å². The van der Waals surface area contributed by atoms with E-state index in [1.54, 1.807) is 23.7 Å².